The third-order valence-electron chi connectivity index (χ3n) is 4.23. The molecule has 0 atom stereocenters. The van der Waals surface area contributed by atoms with Gasteiger partial charge in [0.05, 0.1) is 0 Å². The van der Waals surface area contributed by atoms with E-state index in [4.69, 9.17) is 0 Å². The summed E-state index contributed by atoms with van der Waals surface area (Å²) in [6, 6.07) is 1.22. The lowest BCUT2D eigenvalue weighted by atomic mass is 9.96. The molecule has 4 heteroatoms. The highest BCUT2D eigenvalue weighted by molar-refractivity contribution is 5.27. The molecule has 0 unspecified atom stereocenters. The van der Waals surface area contributed by atoms with Gasteiger partial charge in [0.15, 0.2) is 0 Å². The van der Waals surface area contributed by atoms with Gasteiger partial charge in [-0.2, -0.15) is 0 Å². The van der Waals surface area contributed by atoms with E-state index < -0.39 is 0 Å². The van der Waals surface area contributed by atoms with Crippen molar-refractivity contribution in [3.05, 3.63) is 12.4 Å². The maximum absolute atomic E-state index is 4.47. The summed E-state index contributed by atoms with van der Waals surface area (Å²) in [5.74, 6) is 1.05. The molecular weight excluding hydrogens is 236 g/mol. The van der Waals surface area contributed by atoms with E-state index in [1.807, 2.05) is 6.20 Å². The minimum absolute atomic E-state index is 0.596. The van der Waals surface area contributed by atoms with Gasteiger partial charge in [0, 0.05) is 37.6 Å². The molecule has 1 saturated carbocycles. The van der Waals surface area contributed by atoms with Crippen molar-refractivity contribution in [1.82, 2.24) is 14.5 Å². The van der Waals surface area contributed by atoms with Crippen molar-refractivity contribution in [2.24, 2.45) is 0 Å². The van der Waals surface area contributed by atoms with Gasteiger partial charge in [0.2, 0.25) is 5.95 Å². The highest BCUT2D eigenvalue weighted by Gasteiger charge is 2.15. The number of rotatable bonds is 6. The minimum atomic E-state index is 0.596. The van der Waals surface area contributed by atoms with Crippen molar-refractivity contribution >= 4 is 5.95 Å². The van der Waals surface area contributed by atoms with Crippen LogP contribution in [0, 0.1) is 0 Å². The predicted molar refractivity (Wildman–Crippen MR) is 80.5 cm³/mol. The first-order valence-corrected chi connectivity index (χ1v) is 7.64. The van der Waals surface area contributed by atoms with E-state index in [1.165, 1.54) is 32.1 Å². The standard InChI is InChI=1S/C15H28N4/c1-13(2)18(3)11-12-19-10-9-16-15(19)17-14-7-5-4-6-8-14/h9-10,13-14H,4-8,11-12H2,1-3H3,(H,16,17). The summed E-state index contributed by atoms with van der Waals surface area (Å²) in [6.07, 6.45) is 10.7. The maximum atomic E-state index is 4.47. The van der Waals surface area contributed by atoms with E-state index in [0.29, 0.717) is 12.1 Å². The zero-order valence-corrected chi connectivity index (χ0v) is 12.6. The van der Waals surface area contributed by atoms with Crippen molar-refractivity contribution in [2.75, 3.05) is 18.9 Å². The molecular formula is C15H28N4. The summed E-state index contributed by atoms with van der Waals surface area (Å²) >= 11 is 0. The Morgan fingerprint density at radius 1 is 1.37 bits per heavy atom. The van der Waals surface area contributed by atoms with E-state index in [0.717, 1.165) is 19.0 Å². The molecule has 1 N–H and O–H groups in total. The first-order chi connectivity index (χ1) is 9.16. The zero-order valence-electron chi connectivity index (χ0n) is 12.6. The fourth-order valence-electron chi connectivity index (χ4n) is 2.58. The fraction of sp³-hybridized carbons (Fsp3) is 0.800. The van der Waals surface area contributed by atoms with Gasteiger partial charge in [-0.1, -0.05) is 19.3 Å². The smallest absolute Gasteiger partial charge is 0.203 e. The summed E-state index contributed by atoms with van der Waals surface area (Å²) in [6.45, 7) is 6.53. The molecule has 1 aliphatic carbocycles. The van der Waals surface area contributed by atoms with Crippen LogP contribution in [0.1, 0.15) is 46.0 Å². The highest BCUT2D eigenvalue weighted by atomic mass is 15.2. The van der Waals surface area contributed by atoms with Crippen LogP contribution in [-0.4, -0.2) is 40.1 Å². The number of nitrogens with one attached hydrogen (secondary N) is 1. The normalized spacial score (nSPS) is 17.3. The van der Waals surface area contributed by atoms with Gasteiger partial charge in [-0.05, 0) is 33.7 Å². The third-order valence-corrected chi connectivity index (χ3v) is 4.23. The maximum Gasteiger partial charge on any atom is 0.203 e. The Morgan fingerprint density at radius 3 is 2.79 bits per heavy atom. The Kier molecular flexibility index (Phi) is 5.25. The lowest BCUT2D eigenvalue weighted by Gasteiger charge is -2.25. The Bertz CT molecular complexity index is 366. The van der Waals surface area contributed by atoms with Crippen LogP contribution in [0.5, 0.6) is 0 Å². The third kappa shape index (κ3) is 4.23. The number of hydrogen-bond acceptors (Lipinski definition) is 3. The van der Waals surface area contributed by atoms with Gasteiger partial charge >= 0.3 is 0 Å². The van der Waals surface area contributed by atoms with Crippen molar-refractivity contribution in [3.63, 3.8) is 0 Å². The van der Waals surface area contributed by atoms with Gasteiger partial charge in [-0.25, -0.2) is 4.98 Å². The SMILES string of the molecule is CC(C)N(C)CCn1ccnc1NC1CCCCC1. The molecule has 4 nitrogen and oxygen atoms in total. The van der Waals surface area contributed by atoms with E-state index in [-0.39, 0.29) is 0 Å². The molecule has 2 rings (SSSR count). The average Bonchev–Trinajstić information content (AvgIpc) is 2.84. The molecule has 0 amide bonds. The molecule has 1 aromatic rings. The number of imidazole rings is 1. The molecule has 108 valence electrons. The van der Waals surface area contributed by atoms with Gasteiger partial charge in [0.1, 0.15) is 0 Å². The van der Waals surface area contributed by atoms with E-state index in [1.54, 1.807) is 0 Å². The zero-order chi connectivity index (χ0) is 13.7. The molecule has 0 aliphatic heterocycles. The lowest BCUT2D eigenvalue weighted by Crippen LogP contribution is -2.30. The van der Waals surface area contributed by atoms with Gasteiger partial charge in [-0.3, -0.25) is 0 Å². The Balaban J connectivity index is 1.86. The quantitative estimate of drug-likeness (QED) is 0.857. The number of hydrogen-bond donors (Lipinski definition) is 1. The molecule has 0 aromatic carbocycles. The summed E-state index contributed by atoms with van der Waals surface area (Å²) in [7, 11) is 2.18. The molecule has 1 aliphatic rings. The first-order valence-electron chi connectivity index (χ1n) is 7.64. The van der Waals surface area contributed by atoms with E-state index >= 15 is 0 Å². The molecule has 0 spiro atoms. The Hall–Kier alpha value is -1.03. The molecule has 0 radical (unpaired) electrons. The van der Waals surface area contributed by atoms with Crippen molar-refractivity contribution in [3.8, 4) is 0 Å². The highest BCUT2D eigenvalue weighted by Crippen LogP contribution is 2.20. The van der Waals surface area contributed by atoms with Gasteiger partial charge in [0.25, 0.3) is 0 Å². The largest absolute Gasteiger partial charge is 0.353 e. The van der Waals surface area contributed by atoms with E-state index in [9.17, 15) is 0 Å². The molecule has 1 fully saturated rings. The molecule has 0 bridgehead atoms. The van der Waals surface area contributed by atoms with Gasteiger partial charge in [-0.15, -0.1) is 0 Å². The van der Waals surface area contributed by atoms with Crippen LogP contribution in [0.15, 0.2) is 12.4 Å². The van der Waals surface area contributed by atoms with Gasteiger partial charge < -0.3 is 14.8 Å². The summed E-state index contributed by atoms with van der Waals surface area (Å²) in [5, 5.41) is 3.62. The molecule has 1 aromatic heterocycles. The van der Waals surface area contributed by atoms with E-state index in [2.05, 4.69) is 46.9 Å². The molecule has 1 heterocycles. The van der Waals surface area contributed by atoms with Crippen LogP contribution in [0.2, 0.25) is 0 Å². The summed E-state index contributed by atoms with van der Waals surface area (Å²) < 4.78 is 2.24. The van der Waals surface area contributed by atoms with Crippen LogP contribution in [0.4, 0.5) is 5.95 Å². The number of nitrogens with zero attached hydrogens (tertiary/aromatic N) is 3. The average molecular weight is 264 g/mol. The Morgan fingerprint density at radius 2 is 2.11 bits per heavy atom. The predicted octanol–water partition coefficient (Wildman–Crippen LogP) is 2.97. The van der Waals surface area contributed by atoms with Crippen LogP contribution >= 0.6 is 0 Å². The van der Waals surface area contributed by atoms with Crippen LogP contribution in [-0.2, 0) is 6.54 Å². The van der Waals surface area contributed by atoms with Crippen molar-refractivity contribution in [2.45, 2.75) is 64.6 Å². The van der Waals surface area contributed by atoms with Crippen LogP contribution < -0.4 is 5.32 Å². The monoisotopic (exact) mass is 264 g/mol. The number of likely N-dealkylation sites (N-methyl/N-ethyl adjacent to an activating group) is 1. The fourth-order valence-corrected chi connectivity index (χ4v) is 2.58. The number of anilines is 1. The molecule has 0 saturated heterocycles. The van der Waals surface area contributed by atoms with Crippen LogP contribution in [0.25, 0.3) is 0 Å². The first kappa shape index (κ1) is 14.4. The molecule has 19 heavy (non-hydrogen) atoms. The minimum Gasteiger partial charge on any atom is -0.353 e. The second-order valence-electron chi connectivity index (χ2n) is 6.00. The Labute approximate surface area is 117 Å². The number of aromatic nitrogens is 2. The second kappa shape index (κ2) is 6.94. The van der Waals surface area contributed by atoms with Crippen molar-refractivity contribution < 1.29 is 0 Å². The second-order valence-corrected chi connectivity index (χ2v) is 6.00. The summed E-state index contributed by atoms with van der Waals surface area (Å²) in [4.78, 5) is 6.83. The summed E-state index contributed by atoms with van der Waals surface area (Å²) in [5.41, 5.74) is 0. The van der Waals surface area contributed by atoms with Crippen molar-refractivity contribution in [1.29, 1.82) is 0 Å². The lowest BCUT2D eigenvalue weighted by molar-refractivity contribution is 0.263. The van der Waals surface area contributed by atoms with Crippen LogP contribution in [0.3, 0.4) is 0 Å². The topological polar surface area (TPSA) is 33.1 Å².